The molecule has 2 fully saturated rings. The topological polar surface area (TPSA) is 53.5 Å². The van der Waals surface area contributed by atoms with Gasteiger partial charge in [0.05, 0.1) is 0 Å². The first-order valence-electron chi connectivity index (χ1n) is 10.7. The van der Waals surface area contributed by atoms with Gasteiger partial charge < -0.3 is 9.80 Å². The Labute approximate surface area is 176 Å². The molecule has 0 N–H and O–H groups in total. The highest BCUT2D eigenvalue weighted by molar-refractivity contribution is 7.13. The quantitative estimate of drug-likeness (QED) is 0.753. The molecule has 29 heavy (non-hydrogen) atoms. The predicted octanol–water partition coefficient (Wildman–Crippen LogP) is 4.37. The number of hydrogen-bond acceptors (Lipinski definition) is 4. The van der Waals surface area contributed by atoms with Crippen LogP contribution in [0.15, 0.2) is 29.6 Å². The maximum absolute atomic E-state index is 12.9. The molecule has 2 aromatic rings. The van der Waals surface area contributed by atoms with Gasteiger partial charge in [-0.2, -0.15) is 0 Å². The second-order valence-corrected chi connectivity index (χ2v) is 9.07. The lowest BCUT2D eigenvalue weighted by Gasteiger charge is -2.33. The number of hydrogen-bond donors (Lipinski definition) is 0. The van der Waals surface area contributed by atoms with E-state index >= 15 is 0 Å². The summed E-state index contributed by atoms with van der Waals surface area (Å²) in [6.07, 6.45) is 6.22. The van der Waals surface area contributed by atoms with Crippen LogP contribution in [0.25, 0.3) is 10.6 Å². The maximum atomic E-state index is 12.9. The Morgan fingerprint density at radius 3 is 2.24 bits per heavy atom. The van der Waals surface area contributed by atoms with Gasteiger partial charge in [-0.3, -0.25) is 9.59 Å². The number of nitrogens with zero attached hydrogens (tertiary/aromatic N) is 3. The Morgan fingerprint density at radius 1 is 0.931 bits per heavy atom. The van der Waals surface area contributed by atoms with Crippen LogP contribution in [0.1, 0.15) is 54.6 Å². The van der Waals surface area contributed by atoms with Crippen LogP contribution in [0.3, 0.4) is 0 Å². The van der Waals surface area contributed by atoms with Crippen LogP contribution in [0, 0.1) is 12.8 Å². The number of aromatic nitrogens is 1. The molecule has 4 rings (SSSR count). The van der Waals surface area contributed by atoms with E-state index in [1.165, 1.54) is 29.7 Å². The summed E-state index contributed by atoms with van der Waals surface area (Å²) in [6, 6.07) is 8.21. The molecule has 0 atom stereocenters. The van der Waals surface area contributed by atoms with Crippen LogP contribution < -0.4 is 0 Å². The monoisotopic (exact) mass is 411 g/mol. The zero-order valence-corrected chi connectivity index (χ0v) is 17.9. The van der Waals surface area contributed by atoms with Gasteiger partial charge in [-0.1, -0.05) is 42.7 Å². The van der Waals surface area contributed by atoms with Crippen molar-refractivity contribution in [3.05, 3.63) is 40.9 Å². The van der Waals surface area contributed by atoms with Crippen molar-refractivity contribution < 1.29 is 9.59 Å². The fourth-order valence-corrected chi connectivity index (χ4v) is 5.04. The largest absolute Gasteiger partial charge is 0.342 e. The maximum Gasteiger partial charge on any atom is 0.273 e. The van der Waals surface area contributed by atoms with Crippen molar-refractivity contribution in [1.29, 1.82) is 0 Å². The third-order valence-corrected chi connectivity index (χ3v) is 6.96. The van der Waals surface area contributed by atoms with Gasteiger partial charge in [0.2, 0.25) is 5.91 Å². The van der Waals surface area contributed by atoms with E-state index in [0.717, 1.165) is 49.3 Å². The van der Waals surface area contributed by atoms with Crippen LogP contribution in [-0.4, -0.2) is 52.8 Å². The summed E-state index contributed by atoms with van der Waals surface area (Å²) in [4.78, 5) is 34.2. The third-order valence-electron chi connectivity index (χ3n) is 6.07. The molecule has 2 aliphatic heterocycles. The molecule has 0 spiro atoms. The minimum Gasteiger partial charge on any atom is -0.342 e. The van der Waals surface area contributed by atoms with Crippen molar-refractivity contribution in [3.63, 3.8) is 0 Å². The van der Waals surface area contributed by atoms with Crippen molar-refractivity contribution in [2.24, 2.45) is 5.92 Å². The summed E-state index contributed by atoms with van der Waals surface area (Å²) < 4.78 is 0. The van der Waals surface area contributed by atoms with E-state index in [1.54, 1.807) is 0 Å². The van der Waals surface area contributed by atoms with Gasteiger partial charge in [-0.05, 0) is 32.6 Å². The van der Waals surface area contributed by atoms with E-state index in [2.05, 4.69) is 28.9 Å². The van der Waals surface area contributed by atoms with Gasteiger partial charge >= 0.3 is 0 Å². The molecule has 0 aliphatic carbocycles. The number of thiazole rings is 1. The van der Waals surface area contributed by atoms with Crippen LogP contribution >= 0.6 is 11.3 Å². The average Bonchev–Trinajstić information content (AvgIpc) is 3.08. The minimum atomic E-state index is -0.0136. The second-order valence-electron chi connectivity index (χ2n) is 8.21. The summed E-state index contributed by atoms with van der Waals surface area (Å²) in [6.45, 7) is 5.14. The fourth-order valence-electron chi connectivity index (χ4n) is 4.24. The normalized spacial score (nSPS) is 18.5. The zero-order valence-electron chi connectivity index (χ0n) is 17.1. The van der Waals surface area contributed by atoms with Crippen LogP contribution in [0.4, 0.5) is 0 Å². The number of likely N-dealkylation sites (tertiary alicyclic amines) is 2. The SMILES string of the molecule is Cc1ccc(-c2nc(C(=O)N3CCC(C(=O)N4CCCCCC4)CC3)cs2)cc1. The van der Waals surface area contributed by atoms with E-state index in [-0.39, 0.29) is 11.8 Å². The third kappa shape index (κ3) is 4.69. The molecule has 0 bridgehead atoms. The molecule has 2 saturated heterocycles. The summed E-state index contributed by atoms with van der Waals surface area (Å²) >= 11 is 1.51. The molecule has 5 nitrogen and oxygen atoms in total. The predicted molar refractivity (Wildman–Crippen MR) is 116 cm³/mol. The van der Waals surface area contributed by atoms with Crippen LogP contribution in [0.2, 0.25) is 0 Å². The molecule has 0 saturated carbocycles. The molecule has 3 heterocycles. The van der Waals surface area contributed by atoms with Gasteiger partial charge in [0, 0.05) is 43.0 Å². The molecule has 0 unspecified atom stereocenters. The summed E-state index contributed by atoms with van der Waals surface area (Å²) in [7, 11) is 0. The summed E-state index contributed by atoms with van der Waals surface area (Å²) in [5.41, 5.74) is 2.77. The average molecular weight is 412 g/mol. The molecule has 2 aliphatic rings. The highest BCUT2D eigenvalue weighted by atomic mass is 32.1. The van der Waals surface area contributed by atoms with Crippen LogP contribution in [-0.2, 0) is 4.79 Å². The first kappa shape index (κ1) is 20.1. The second kappa shape index (κ2) is 9.08. The van der Waals surface area contributed by atoms with E-state index in [1.807, 2.05) is 22.4 Å². The molecular formula is C23H29N3O2S. The Morgan fingerprint density at radius 2 is 1.59 bits per heavy atom. The highest BCUT2D eigenvalue weighted by Gasteiger charge is 2.31. The molecule has 1 aromatic carbocycles. The first-order valence-corrected chi connectivity index (χ1v) is 11.6. The van der Waals surface area contributed by atoms with Gasteiger partial charge in [0.25, 0.3) is 5.91 Å². The van der Waals surface area contributed by atoms with Crippen molar-refractivity contribution in [2.45, 2.75) is 45.4 Å². The van der Waals surface area contributed by atoms with Crippen LogP contribution in [0.5, 0.6) is 0 Å². The number of carbonyl (C=O) groups excluding carboxylic acids is 2. The smallest absolute Gasteiger partial charge is 0.273 e. The van der Waals surface area contributed by atoms with Crippen molar-refractivity contribution >= 4 is 23.2 Å². The van der Waals surface area contributed by atoms with Gasteiger partial charge in [0.15, 0.2) is 0 Å². The number of benzene rings is 1. The Bertz CT molecular complexity index is 845. The van der Waals surface area contributed by atoms with E-state index < -0.39 is 0 Å². The Hall–Kier alpha value is -2.21. The molecular weight excluding hydrogens is 382 g/mol. The molecule has 154 valence electrons. The lowest BCUT2D eigenvalue weighted by molar-refractivity contribution is -0.136. The van der Waals surface area contributed by atoms with Gasteiger partial charge in [-0.25, -0.2) is 4.98 Å². The lowest BCUT2D eigenvalue weighted by Crippen LogP contribution is -2.44. The Balaban J connectivity index is 1.34. The summed E-state index contributed by atoms with van der Waals surface area (Å²) in [5, 5.41) is 2.73. The zero-order chi connectivity index (χ0) is 20.2. The summed E-state index contributed by atoms with van der Waals surface area (Å²) in [5.74, 6) is 0.352. The van der Waals surface area contributed by atoms with Crippen molar-refractivity contribution in [3.8, 4) is 10.6 Å². The molecule has 0 radical (unpaired) electrons. The Kier molecular flexibility index (Phi) is 6.28. The molecule has 6 heteroatoms. The van der Waals surface area contributed by atoms with E-state index in [4.69, 9.17) is 0 Å². The van der Waals surface area contributed by atoms with Crippen molar-refractivity contribution in [1.82, 2.24) is 14.8 Å². The van der Waals surface area contributed by atoms with E-state index in [9.17, 15) is 9.59 Å². The standard InChI is InChI=1S/C23H29N3O2S/c1-17-6-8-18(9-7-17)21-24-20(16-29-21)23(28)26-14-10-19(11-15-26)22(27)25-12-4-2-3-5-13-25/h6-9,16,19H,2-5,10-15H2,1H3. The van der Waals surface area contributed by atoms with Gasteiger partial charge in [-0.15, -0.1) is 11.3 Å². The first-order chi connectivity index (χ1) is 14.1. The number of aryl methyl sites for hydroxylation is 1. The number of piperidine rings is 1. The fraction of sp³-hybridized carbons (Fsp3) is 0.522. The molecule has 2 amide bonds. The number of amides is 2. The molecule has 1 aromatic heterocycles. The van der Waals surface area contributed by atoms with Gasteiger partial charge in [0.1, 0.15) is 10.7 Å². The lowest BCUT2D eigenvalue weighted by atomic mass is 9.95. The highest BCUT2D eigenvalue weighted by Crippen LogP contribution is 2.26. The number of rotatable bonds is 3. The number of carbonyl (C=O) groups is 2. The van der Waals surface area contributed by atoms with Crippen molar-refractivity contribution in [2.75, 3.05) is 26.2 Å². The van der Waals surface area contributed by atoms with E-state index in [0.29, 0.717) is 24.7 Å². The minimum absolute atomic E-state index is 0.0136.